The zero-order chi connectivity index (χ0) is 10.8. The molecule has 3 fully saturated rings. The molecule has 15 heavy (non-hydrogen) atoms. The van der Waals surface area contributed by atoms with Gasteiger partial charge >= 0.3 is 0 Å². The summed E-state index contributed by atoms with van der Waals surface area (Å²) in [7, 11) is 0. The molecule has 2 unspecified atom stereocenters. The first kappa shape index (κ1) is 9.89. The second kappa shape index (κ2) is 2.68. The Labute approximate surface area is 92.6 Å². The average molecular weight is 206 g/mol. The van der Waals surface area contributed by atoms with Crippen LogP contribution in [-0.4, -0.2) is 11.2 Å². The van der Waals surface area contributed by atoms with Gasteiger partial charge in [-0.05, 0) is 49.4 Å². The molecule has 0 aromatic carbocycles. The predicted molar refractivity (Wildman–Crippen MR) is 61.4 cm³/mol. The monoisotopic (exact) mass is 206 g/mol. The number of fused-ring (bicyclic) bond motifs is 1. The standard InChI is InChI=1S/C14H22O/c1-9-11-4-5-12(15)14(11)7-6-10(8-14)13(9,2)3/h10-12,15H,1,4-8H2,2-3H3/t10-,11?,12?,14-/m1/s1. The highest BCUT2D eigenvalue weighted by Crippen LogP contribution is 2.68. The van der Waals surface area contributed by atoms with Gasteiger partial charge in [0.05, 0.1) is 6.10 Å². The molecule has 0 aromatic heterocycles. The Balaban J connectivity index is 2.07. The fourth-order valence-electron chi connectivity index (χ4n) is 4.71. The maximum Gasteiger partial charge on any atom is 0.0602 e. The highest BCUT2D eigenvalue weighted by molar-refractivity contribution is 5.27. The topological polar surface area (TPSA) is 20.2 Å². The maximum atomic E-state index is 10.2. The van der Waals surface area contributed by atoms with E-state index in [-0.39, 0.29) is 11.5 Å². The first-order chi connectivity index (χ1) is 6.98. The number of hydrogen-bond acceptors (Lipinski definition) is 1. The molecule has 3 aliphatic carbocycles. The fourth-order valence-corrected chi connectivity index (χ4v) is 4.71. The van der Waals surface area contributed by atoms with Crippen molar-refractivity contribution in [3.63, 3.8) is 0 Å². The molecule has 3 saturated carbocycles. The summed E-state index contributed by atoms with van der Waals surface area (Å²) in [6.07, 6.45) is 5.94. The summed E-state index contributed by atoms with van der Waals surface area (Å²) in [5.74, 6) is 1.38. The molecular weight excluding hydrogens is 184 g/mol. The summed E-state index contributed by atoms with van der Waals surface area (Å²) in [6.45, 7) is 9.09. The quantitative estimate of drug-likeness (QED) is 0.604. The third-order valence-electron chi connectivity index (χ3n) is 5.94. The highest BCUT2D eigenvalue weighted by Gasteiger charge is 2.61. The lowest BCUT2D eigenvalue weighted by atomic mass is 9.57. The predicted octanol–water partition coefficient (Wildman–Crippen LogP) is 3.14. The van der Waals surface area contributed by atoms with E-state index in [0.717, 1.165) is 12.3 Å². The number of hydrogen-bond donors (Lipinski definition) is 1. The molecule has 2 bridgehead atoms. The van der Waals surface area contributed by atoms with Crippen LogP contribution in [0.1, 0.15) is 46.0 Å². The van der Waals surface area contributed by atoms with Crippen molar-refractivity contribution < 1.29 is 5.11 Å². The molecule has 4 atom stereocenters. The van der Waals surface area contributed by atoms with Crippen molar-refractivity contribution in [1.29, 1.82) is 0 Å². The summed E-state index contributed by atoms with van der Waals surface area (Å²) in [4.78, 5) is 0. The highest BCUT2D eigenvalue weighted by atomic mass is 16.3. The lowest BCUT2D eigenvalue weighted by molar-refractivity contribution is 0.00891. The van der Waals surface area contributed by atoms with E-state index < -0.39 is 0 Å². The van der Waals surface area contributed by atoms with Gasteiger partial charge in [0, 0.05) is 5.41 Å². The van der Waals surface area contributed by atoms with E-state index in [9.17, 15) is 5.11 Å². The van der Waals surface area contributed by atoms with Gasteiger partial charge in [0.1, 0.15) is 0 Å². The third-order valence-corrected chi connectivity index (χ3v) is 5.94. The minimum absolute atomic E-state index is 0.0413. The molecule has 1 heteroatoms. The minimum Gasteiger partial charge on any atom is -0.393 e. The molecule has 0 aliphatic heterocycles. The second-order valence-corrected chi connectivity index (χ2v) is 6.57. The Morgan fingerprint density at radius 3 is 2.73 bits per heavy atom. The minimum atomic E-state index is -0.0413. The SMILES string of the molecule is C=C1C2CCC(O)[C@@]23CC[C@H](C3)C1(C)C. The Hall–Kier alpha value is -0.300. The first-order valence-electron chi connectivity index (χ1n) is 6.36. The smallest absolute Gasteiger partial charge is 0.0602 e. The van der Waals surface area contributed by atoms with E-state index in [1.165, 1.54) is 31.3 Å². The summed E-state index contributed by atoms with van der Waals surface area (Å²) in [5, 5.41) is 10.2. The summed E-state index contributed by atoms with van der Waals surface area (Å²) < 4.78 is 0. The molecule has 1 nitrogen and oxygen atoms in total. The summed E-state index contributed by atoms with van der Waals surface area (Å²) in [5.41, 5.74) is 2.00. The third kappa shape index (κ3) is 0.982. The van der Waals surface area contributed by atoms with Crippen LogP contribution in [0.15, 0.2) is 12.2 Å². The molecule has 0 radical (unpaired) electrons. The Kier molecular flexibility index (Phi) is 1.77. The van der Waals surface area contributed by atoms with E-state index in [2.05, 4.69) is 20.4 Å². The maximum absolute atomic E-state index is 10.2. The van der Waals surface area contributed by atoms with Gasteiger partial charge in [-0.15, -0.1) is 0 Å². The molecule has 84 valence electrons. The van der Waals surface area contributed by atoms with E-state index in [0.29, 0.717) is 11.3 Å². The van der Waals surface area contributed by atoms with Crippen molar-refractivity contribution in [2.75, 3.05) is 0 Å². The molecule has 0 heterocycles. The van der Waals surface area contributed by atoms with Crippen molar-refractivity contribution in [3.05, 3.63) is 12.2 Å². The average Bonchev–Trinajstić information content (AvgIpc) is 2.72. The van der Waals surface area contributed by atoms with Gasteiger partial charge in [-0.3, -0.25) is 0 Å². The van der Waals surface area contributed by atoms with Crippen LogP contribution < -0.4 is 0 Å². The van der Waals surface area contributed by atoms with Crippen molar-refractivity contribution in [1.82, 2.24) is 0 Å². The van der Waals surface area contributed by atoms with Crippen LogP contribution in [0.25, 0.3) is 0 Å². The van der Waals surface area contributed by atoms with Crippen LogP contribution in [0, 0.1) is 22.7 Å². The summed E-state index contributed by atoms with van der Waals surface area (Å²) in [6, 6.07) is 0. The Morgan fingerprint density at radius 1 is 1.27 bits per heavy atom. The Morgan fingerprint density at radius 2 is 2.00 bits per heavy atom. The van der Waals surface area contributed by atoms with Crippen LogP contribution in [-0.2, 0) is 0 Å². The largest absolute Gasteiger partial charge is 0.393 e. The van der Waals surface area contributed by atoms with Gasteiger partial charge in [0.15, 0.2) is 0 Å². The van der Waals surface area contributed by atoms with Crippen molar-refractivity contribution in [2.24, 2.45) is 22.7 Å². The fraction of sp³-hybridized carbons (Fsp3) is 0.857. The zero-order valence-electron chi connectivity index (χ0n) is 9.92. The number of aliphatic hydroxyl groups is 1. The van der Waals surface area contributed by atoms with Crippen LogP contribution in [0.3, 0.4) is 0 Å². The van der Waals surface area contributed by atoms with Gasteiger partial charge in [-0.25, -0.2) is 0 Å². The van der Waals surface area contributed by atoms with Crippen LogP contribution in [0.4, 0.5) is 0 Å². The van der Waals surface area contributed by atoms with E-state index in [1.54, 1.807) is 0 Å². The molecular formula is C14H22O. The van der Waals surface area contributed by atoms with Crippen LogP contribution >= 0.6 is 0 Å². The van der Waals surface area contributed by atoms with Gasteiger partial charge in [0.2, 0.25) is 0 Å². The lowest BCUT2D eigenvalue weighted by Gasteiger charge is -2.48. The molecule has 3 aliphatic rings. The molecule has 3 rings (SSSR count). The van der Waals surface area contributed by atoms with Crippen molar-refractivity contribution in [3.8, 4) is 0 Å². The van der Waals surface area contributed by atoms with Crippen LogP contribution in [0.2, 0.25) is 0 Å². The number of allylic oxidation sites excluding steroid dienone is 1. The normalized spacial score (nSPS) is 51.9. The number of aliphatic hydroxyl groups excluding tert-OH is 1. The van der Waals surface area contributed by atoms with Gasteiger partial charge in [-0.2, -0.15) is 0 Å². The first-order valence-corrected chi connectivity index (χ1v) is 6.36. The van der Waals surface area contributed by atoms with Gasteiger partial charge < -0.3 is 5.11 Å². The van der Waals surface area contributed by atoms with Crippen molar-refractivity contribution in [2.45, 2.75) is 52.1 Å². The van der Waals surface area contributed by atoms with E-state index in [1.807, 2.05) is 0 Å². The van der Waals surface area contributed by atoms with Crippen molar-refractivity contribution >= 4 is 0 Å². The van der Waals surface area contributed by atoms with Crippen LogP contribution in [0.5, 0.6) is 0 Å². The number of rotatable bonds is 0. The molecule has 0 amide bonds. The van der Waals surface area contributed by atoms with Gasteiger partial charge in [0.25, 0.3) is 0 Å². The molecule has 0 aromatic rings. The molecule has 0 saturated heterocycles. The van der Waals surface area contributed by atoms with Gasteiger partial charge in [-0.1, -0.05) is 26.0 Å². The van der Waals surface area contributed by atoms with E-state index in [4.69, 9.17) is 0 Å². The zero-order valence-corrected chi connectivity index (χ0v) is 9.92. The molecule has 1 N–H and O–H groups in total. The molecule has 1 spiro atoms. The van der Waals surface area contributed by atoms with E-state index >= 15 is 0 Å². The lowest BCUT2D eigenvalue weighted by Crippen LogP contribution is -2.42. The Bertz CT molecular complexity index is 317. The second-order valence-electron chi connectivity index (χ2n) is 6.57. The summed E-state index contributed by atoms with van der Waals surface area (Å²) >= 11 is 0.